The molecule has 0 fully saturated rings. The number of nitrogens with zero attached hydrogens (tertiary/aromatic N) is 3. The third kappa shape index (κ3) is 2.50. The van der Waals surface area contributed by atoms with Crippen molar-refractivity contribution < 1.29 is 0 Å². The van der Waals surface area contributed by atoms with Crippen molar-refractivity contribution in [2.75, 3.05) is 13.6 Å². The molecule has 3 heterocycles. The molecule has 3 aromatic rings. The van der Waals surface area contributed by atoms with Crippen molar-refractivity contribution in [3.8, 4) is 0 Å². The van der Waals surface area contributed by atoms with Crippen LogP contribution < -0.4 is 0 Å². The average molecular weight is 343 g/mol. The number of allylic oxidation sites excluding steroid dienone is 1. The summed E-state index contributed by atoms with van der Waals surface area (Å²) in [6, 6.07) is 9.10. The highest BCUT2D eigenvalue weighted by molar-refractivity contribution is 5.91. The molecular weight excluding hydrogens is 318 g/mol. The van der Waals surface area contributed by atoms with Gasteiger partial charge in [-0.05, 0) is 80.1 Å². The molecule has 132 valence electrons. The zero-order valence-corrected chi connectivity index (χ0v) is 15.6. The van der Waals surface area contributed by atoms with Gasteiger partial charge in [0, 0.05) is 42.8 Å². The van der Waals surface area contributed by atoms with E-state index in [4.69, 9.17) is 0 Å². The summed E-state index contributed by atoms with van der Waals surface area (Å²) in [6.07, 6.45) is 11.0. The van der Waals surface area contributed by atoms with Crippen molar-refractivity contribution in [3.05, 3.63) is 64.6 Å². The molecule has 1 aromatic carbocycles. The van der Waals surface area contributed by atoms with Gasteiger partial charge in [-0.3, -0.25) is 4.98 Å². The van der Waals surface area contributed by atoms with Gasteiger partial charge in [-0.2, -0.15) is 0 Å². The Morgan fingerprint density at radius 3 is 2.96 bits per heavy atom. The molecule has 1 aliphatic carbocycles. The van der Waals surface area contributed by atoms with Gasteiger partial charge in [0.2, 0.25) is 0 Å². The number of benzene rings is 1. The van der Waals surface area contributed by atoms with Gasteiger partial charge in [0.25, 0.3) is 0 Å². The van der Waals surface area contributed by atoms with E-state index in [1.165, 1.54) is 45.3 Å². The van der Waals surface area contributed by atoms with E-state index in [0.29, 0.717) is 0 Å². The Kier molecular flexibility index (Phi) is 3.71. The van der Waals surface area contributed by atoms with E-state index in [-0.39, 0.29) is 0 Å². The van der Waals surface area contributed by atoms with E-state index in [1.54, 1.807) is 5.56 Å². The maximum absolute atomic E-state index is 4.33. The van der Waals surface area contributed by atoms with Crippen molar-refractivity contribution in [1.29, 1.82) is 0 Å². The Bertz CT molecular complexity index is 1030. The highest BCUT2D eigenvalue weighted by Crippen LogP contribution is 2.35. The maximum atomic E-state index is 4.33. The third-order valence-corrected chi connectivity index (χ3v) is 5.97. The summed E-state index contributed by atoms with van der Waals surface area (Å²) in [5.74, 6) is 0. The van der Waals surface area contributed by atoms with Crippen LogP contribution in [-0.4, -0.2) is 28.0 Å². The molecule has 0 unspecified atom stereocenters. The second kappa shape index (κ2) is 6.10. The molecule has 26 heavy (non-hydrogen) atoms. The second-order valence-corrected chi connectivity index (χ2v) is 7.84. The van der Waals surface area contributed by atoms with E-state index in [2.05, 4.69) is 58.9 Å². The topological polar surface area (TPSA) is 21.1 Å². The van der Waals surface area contributed by atoms with Crippen LogP contribution in [0, 0.1) is 6.92 Å². The molecule has 0 radical (unpaired) electrons. The molecule has 0 amide bonds. The van der Waals surface area contributed by atoms with E-state index < -0.39 is 0 Å². The molecule has 0 N–H and O–H groups in total. The van der Waals surface area contributed by atoms with Gasteiger partial charge in [0.05, 0.1) is 5.52 Å². The van der Waals surface area contributed by atoms with E-state index in [1.807, 2.05) is 12.4 Å². The van der Waals surface area contributed by atoms with Gasteiger partial charge in [0.15, 0.2) is 0 Å². The van der Waals surface area contributed by atoms with Crippen LogP contribution in [0.25, 0.3) is 22.7 Å². The fraction of sp³-hybridized carbons (Fsp3) is 0.348. The van der Waals surface area contributed by atoms with Crippen molar-refractivity contribution in [2.24, 2.45) is 0 Å². The maximum Gasteiger partial charge on any atom is 0.0529 e. The summed E-state index contributed by atoms with van der Waals surface area (Å²) < 4.78 is 2.48. The predicted molar refractivity (Wildman–Crippen MR) is 108 cm³/mol. The number of aryl methyl sites for hydroxylation is 2. The minimum Gasteiger partial charge on any atom is -0.318 e. The number of hydrogen-bond donors (Lipinski definition) is 0. The van der Waals surface area contributed by atoms with Crippen LogP contribution in [0.5, 0.6) is 0 Å². The number of aromatic nitrogens is 2. The van der Waals surface area contributed by atoms with Crippen molar-refractivity contribution in [3.63, 3.8) is 0 Å². The average Bonchev–Trinajstić information content (AvgIpc) is 2.94. The Morgan fingerprint density at radius 1 is 1.12 bits per heavy atom. The monoisotopic (exact) mass is 343 g/mol. The summed E-state index contributed by atoms with van der Waals surface area (Å²) in [5.41, 5.74) is 9.93. The Morgan fingerprint density at radius 2 is 2.04 bits per heavy atom. The molecule has 0 saturated carbocycles. The first-order valence-corrected chi connectivity index (χ1v) is 9.65. The molecule has 0 saturated heterocycles. The number of rotatable bonds is 1. The van der Waals surface area contributed by atoms with Crippen LogP contribution in [0.1, 0.15) is 40.8 Å². The molecule has 3 nitrogen and oxygen atoms in total. The third-order valence-electron chi connectivity index (χ3n) is 5.97. The summed E-state index contributed by atoms with van der Waals surface area (Å²) in [6.45, 7) is 4.36. The zero-order valence-electron chi connectivity index (χ0n) is 15.6. The molecule has 0 spiro atoms. The van der Waals surface area contributed by atoms with Crippen LogP contribution >= 0.6 is 0 Å². The van der Waals surface area contributed by atoms with E-state index in [0.717, 1.165) is 32.4 Å². The number of pyridine rings is 1. The fourth-order valence-corrected chi connectivity index (χ4v) is 4.62. The predicted octanol–water partition coefficient (Wildman–Crippen LogP) is 4.67. The first-order valence-electron chi connectivity index (χ1n) is 9.65. The van der Waals surface area contributed by atoms with Gasteiger partial charge >= 0.3 is 0 Å². The van der Waals surface area contributed by atoms with Crippen LogP contribution in [0.3, 0.4) is 0 Å². The van der Waals surface area contributed by atoms with Gasteiger partial charge in [-0.25, -0.2) is 0 Å². The van der Waals surface area contributed by atoms with Crippen molar-refractivity contribution in [2.45, 2.75) is 39.2 Å². The standard InChI is InChI=1S/C23H25N3/c1-16-6-7-22-21(12-16)20-9-11-25(2)15-23(20)26(22)14-18-5-3-4-17-13-24-10-8-19(17)18/h6-8,10,12-14H,3-5,9,11,15H2,1-2H3/b18-14+. The van der Waals surface area contributed by atoms with Crippen LogP contribution in [0.4, 0.5) is 0 Å². The lowest BCUT2D eigenvalue weighted by Gasteiger charge is -2.24. The Balaban J connectivity index is 1.74. The summed E-state index contributed by atoms with van der Waals surface area (Å²) in [4.78, 5) is 6.76. The molecule has 5 rings (SSSR count). The minimum absolute atomic E-state index is 1.02. The molecule has 2 aliphatic rings. The molecule has 1 aliphatic heterocycles. The Labute approximate surface area is 155 Å². The zero-order chi connectivity index (χ0) is 17.7. The number of fused-ring (bicyclic) bond motifs is 4. The highest BCUT2D eigenvalue weighted by atomic mass is 15.1. The molecule has 0 bridgehead atoms. The lowest BCUT2D eigenvalue weighted by molar-refractivity contribution is 0.308. The van der Waals surface area contributed by atoms with Crippen molar-refractivity contribution in [1.82, 2.24) is 14.5 Å². The minimum atomic E-state index is 1.02. The van der Waals surface area contributed by atoms with E-state index in [9.17, 15) is 0 Å². The molecule has 3 heteroatoms. The number of likely N-dealkylation sites (N-methyl/N-ethyl adjacent to an activating group) is 1. The van der Waals surface area contributed by atoms with E-state index >= 15 is 0 Å². The van der Waals surface area contributed by atoms with Crippen LogP contribution in [-0.2, 0) is 19.4 Å². The summed E-state index contributed by atoms with van der Waals surface area (Å²) >= 11 is 0. The first-order chi connectivity index (χ1) is 12.7. The lowest BCUT2D eigenvalue weighted by Crippen LogP contribution is -2.27. The van der Waals surface area contributed by atoms with Gasteiger partial charge < -0.3 is 9.47 Å². The second-order valence-electron chi connectivity index (χ2n) is 7.84. The molecule has 0 atom stereocenters. The van der Waals surface area contributed by atoms with Crippen LogP contribution in [0.15, 0.2) is 36.7 Å². The normalized spacial score (nSPS) is 18.9. The van der Waals surface area contributed by atoms with Crippen molar-refractivity contribution >= 4 is 22.7 Å². The number of hydrogen-bond acceptors (Lipinski definition) is 2. The van der Waals surface area contributed by atoms with Gasteiger partial charge in [0.1, 0.15) is 0 Å². The van der Waals surface area contributed by atoms with Gasteiger partial charge in [-0.1, -0.05) is 11.6 Å². The fourth-order valence-electron chi connectivity index (χ4n) is 4.62. The SMILES string of the molecule is Cc1ccc2c(c1)c1c(n2/C=C2\CCCc3cnccc32)CN(C)CC1. The Hall–Kier alpha value is -2.39. The van der Waals surface area contributed by atoms with Gasteiger partial charge in [-0.15, -0.1) is 0 Å². The summed E-state index contributed by atoms with van der Waals surface area (Å²) in [5, 5.41) is 1.44. The quantitative estimate of drug-likeness (QED) is 0.640. The first kappa shape index (κ1) is 15.8. The summed E-state index contributed by atoms with van der Waals surface area (Å²) in [7, 11) is 2.23. The largest absolute Gasteiger partial charge is 0.318 e. The molecule has 2 aromatic heterocycles. The smallest absolute Gasteiger partial charge is 0.0529 e. The molecular formula is C23H25N3. The van der Waals surface area contributed by atoms with Crippen LogP contribution in [0.2, 0.25) is 0 Å². The lowest BCUT2D eigenvalue weighted by atomic mass is 9.89. The highest BCUT2D eigenvalue weighted by Gasteiger charge is 2.23.